The summed E-state index contributed by atoms with van der Waals surface area (Å²) in [6.45, 7) is 3.46. The van der Waals surface area contributed by atoms with E-state index < -0.39 is 12.1 Å². The van der Waals surface area contributed by atoms with Gasteiger partial charge in [0.1, 0.15) is 5.75 Å². The van der Waals surface area contributed by atoms with Gasteiger partial charge in [-0.25, -0.2) is 0 Å². The number of carbonyl (C=O) groups is 1. The number of carbonyl (C=O) groups excluding carboxylic acids is 1. The van der Waals surface area contributed by atoms with E-state index in [-0.39, 0.29) is 31.1 Å². The van der Waals surface area contributed by atoms with Gasteiger partial charge in [-0.05, 0) is 55.5 Å². The van der Waals surface area contributed by atoms with Crippen molar-refractivity contribution in [1.29, 1.82) is 0 Å². The number of aromatic nitrogens is 1. The summed E-state index contributed by atoms with van der Waals surface area (Å²) in [5, 5.41) is 0.764. The van der Waals surface area contributed by atoms with Gasteiger partial charge in [0.05, 0.1) is 17.5 Å². The van der Waals surface area contributed by atoms with Crippen LogP contribution in [0.2, 0.25) is 0 Å². The highest BCUT2D eigenvalue weighted by molar-refractivity contribution is 5.92. The summed E-state index contributed by atoms with van der Waals surface area (Å²) in [6.07, 6.45) is -0.304. The number of fused-ring (bicyclic) bond motifs is 1. The number of ether oxygens (including phenoxy) is 1. The normalized spacial score (nSPS) is 20.7. The lowest BCUT2D eigenvalue weighted by Crippen LogP contribution is -2.31. The summed E-state index contributed by atoms with van der Waals surface area (Å²) in [7, 11) is 0. The fourth-order valence-electron chi connectivity index (χ4n) is 3.33. The Morgan fingerprint density at radius 2 is 2.00 bits per heavy atom. The summed E-state index contributed by atoms with van der Waals surface area (Å²) in [4.78, 5) is 15.9. The van der Waals surface area contributed by atoms with Crippen LogP contribution in [0, 0.1) is 5.92 Å². The molecule has 2 aromatic rings. The molecule has 6 heteroatoms. The van der Waals surface area contributed by atoms with Crippen molar-refractivity contribution in [3.05, 3.63) is 48.7 Å². The number of hydrogen-bond acceptors (Lipinski definition) is 3. The Morgan fingerprint density at radius 3 is 2.65 bits per heavy atom. The molecule has 0 N–H and O–H groups in total. The summed E-state index contributed by atoms with van der Waals surface area (Å²) in [5.74, 6) is -0.735. The third kappa shape index (κ3) is 4.23. The molecule has 138 valence electrons. The van der Waals surface area contributed by atoms with E-state index in [9.17, 15) is 18.0 Å². The van der Waals surface area contributed by atoms with Crippen LogP contribution in [0.1, 0.15) is 31.2 Å². The van der Waals surface area contributed by atoms with Gasteiger partial charge in [-0.3, -0.25) is 9.78 Å². The predicted octanol–water partition coefficient (Wildman–Crippen LogP) is 5.03. The quantitative estimate of drug-likeness (QED) is 0.699. The second-order valence-corrected chi connectivity index (χ2v) is 6.65. The predicted molar refractivity (Wildman–Crippen MR) is 93.1 cm³/mol. The molecule has 0 spiro atoms. The molecule has 26 heavy (non-hydrogen) atoms. The molecule has 3 rings (SSSR count). The van der Waals surface area contributed by atoms with E-state index in [1.54, 1.807) is 18.3 Å². The molecule has 0 bridgehead atoms. The number of nitrogens with zero attached hydrogens (tertiary/aromatic N) is 1. The Labute approximate surface area is 149 Å². The second kappa shape index (κ2) is 7.48. The summed E-state index contributed by atoms with van der Waals surface area (Å²) >= 11 is 0. The molecule has 1 aliphatic rings. The van der Waals surface area contributed by atoms with Crippen LogP contribution >= 0.6 is 0 Å². The van der Waals surface area contributed by atoms with Crippen LogP contribution in [0.3, 0.4) is 0 Å². The Kier molecular flexibility index (Phi) is 5.30. The molecule has 0 amide bonds. The van der Waals surface area contributed by atoms with Gasteiger partial charge >= 0.3 is 6.18 Å². The van der Waals surface area contributed by atoms with E-state index >= 15 is 0 Å². The maximum atomic E-state index is 12.8. The van der Waals surface area contributed by atoms with Crippen molar-refractivity contribution in [2.45, 2.75) is 44.4 Å². The molecule has 1 aromatic carbocycles. The van der Waals surface area contributed by atoms with E-state index in [0.29, 0.717) is 18.6 Å². The second-order valence-electron chi connectivity index (χ2n) is 6.65. The monoisotopic (exact) mass is 363 g/mol. The zero-order valence-corrected chi connectivity index (χ0v) is 14.3. The highest BCUT2D eigenvalue weighted by Crippen LogP contribution is 2.39. The first-order valence-electron chi connectivity index (χ1n) is 8.63. The van der Waals surface area contributed by atoms with Gasteiger partial charge in [0, 0.05) is 18.0 Å². The first-order chi connectivity index (χ1) is 12.4. The van der Waals surface area contributed by atoms with Crippen molar-refractivity contribution in [2.75, 3.05) is 0 Å². The molecule has 0 saturated heterocycles. The van der Waals surface area contributed by atoms with E-state index in [0.717, 1.165) is 16.5 Å². The topological polar surface area (TPSA) is 39.2 Å². The van der Waals surface area contributed by atoms with Gasteiger partial charge in [0.2, 0.25) is 0 Å². The van der Waals surface area contributed by atoms with E-state index in [2.05, 4.69) is 11.6 Å². The maximum Gasteiger partial charge on any atom is 0.391 e. The van der Waals surface area contributed by atoms with Crippen molar-refractivity contribution >= 4 is 16.7 Å². The zero-order valence-electron chi connectivity index (χ0n) is 14.3. The molecule has 3 nitrogen and oxygen atoms in total. The number of benzene rings is 1. The zero-order chi connectivity index (χ0) is 18.7. The number of ketones is 1. The van der Waals surface area contributed by atoms with Crippen molar-refractivity contribution in [3.8, 4) is 5.75 Å². The molecule has 0 radical (unpaired) electrons. The van der Waals surface area contributed by atoms with Gasteiger partial charge in [-0.1, -0.05) is 12.6 Å². The standard InChI is InChI=1S/C20H20F3NO2/c1-2-15(25)10-13-11-17-18(24-12-13)4-3-5-19(17)26-16-8-6-14(7-9-16)20(21,22)23/h2-5,11-12,14,16H,1,6-10H2. The number of allylic oxidation sites excluding steroid dienone is 1. The SMILES string of the molecule is C=CC(=O)Cc1cnc2cccc(OC3CCC(C(F)(F)F)CC3)c2c1. The fraction of sp³-hybridized carbons (Fsp3) is 0.400. The number of halogens is 3. The Morgan fingerprint density at radius 1 is 1.27 bits per heavy atom. The van der Waals surface area contributed by atoms with E-state index in [1.807, 2.05) is 12.1 Å². The number of pyridine rings is 1. The molecular weight excluding hydrogens is 343 g/mol. The summed E-state index contributed by atoms with van der Waals surface area (Å²) < 4.78 is 44.4. The minimum Gasteiger partial charge on any atom is -0.490 e. The molecule has 0 unspecified atom stereocenters. The molecule has 1 heterocycles. The minimum absolute atomic E-state index is 0.0935. The molecule has 1 aromatic heterocycles. The largest absolute Gasteiger partial charge is 0.490 e. The van der Waals surface area contributed by atoms with Crippen LogP contribution in [0.15, 0.2) is 43.1 Å². The summed E-state index contributed by atoms with van der Waals surface area (Å²) in [6, 6.07) is 7.28. The Hall–Kier alpha value is -2.37. The van der Waals surface area contributed by atoms with Crippen LogP contribution in [-0.2, 0) is 11.2 Å². The lowest BCUT2D eigenvalue weighted by atomic mass is 9.87. The minimum atomic E-state index is -4.12. The van der Waals surface area contributed by atoms with Gasteiger partial charge in [-0.2, -0.15) is 13.2 Å². The molecule has 1 fully saturated rings. The van der Waals surface area contributed by atoms with Gasteiger partial charge in [0.25, 0.3) is 0 Å². The van der Waals surface area contributed by atoms with Crippen molar-refractivity contribution in [2.24, 2.45) is 5.92 Å². The molecule has 1 aliphatic carbocycles. The van der Waals surface area contributed by atoms with Crippen molar-refractivity contribution < 1.29 is 22.7 Å². The first-order valence-corrected chi connectivity index (χ1v) is 8.63. The molecular formula is C20H20F3NO2. The van der Waals surface area contributed by atoms with Crippen LogP contribution in [0.25, 0.3) is 10.9 Å². The lowest BCUT2D eigenvalue weighted by molar-refractivity contribution is -0.185. The number of hydrogen-bond donors (Lipinski definition) is 0. The first kappa shape index (κ1) is 18.4. The Bertz CT molecular complexity index is 808. The smallest absolute Gasteiger partial charge is 0.391 e. The lowest BCUT2D eigenvalue weighted by Gasteiger charge is -2.30. The van der Waals surface area contributed by atoms with E-state index in [4.69, 9.17) is 4.74 Å². The fourth-order valence-corrected chi connectivity index (χ4v) is 3.33. The molecule has 0 atom stereocenters. The molecule has 0 aliphatic heterocycles. The van der Waals surface area contributed by atoms with Crippen LogP contribution < -0.4 is 4.74 Å². The van der Waals surface area contributed by atoms with Crippen LogP contribution in [0.5, 0.6) is 5.75 Å². The third-order valence-corrected chi connectivity index (χ3v) is 4.78. The third-order valence-electron chi connectivity index (χ3n) is 4.78. The number of rotatable bonds is 5. The highest BCUT2D eigenvalue weighted by Gasteiger charge is 2.41. The highest BCUT2D eigenvalue weighted by atomic mass is 19.4. The average molecular weight is 363 g/mol. The average Bonchev–Trinajstić information content (AvgIpc) is 2.62. The van der Waals surface area contributed by atoms with Gasteiger partial charge in [0.15, 0.2) is 5.78 Å². The van der Waals surface area contributed by atoms with Gasteiger partial charge in [-0.15, -0.1) is 0 Å². The summed E-state index contributed by atoms with van der Waals surface area (Å²) in [5.41, 5.74) is 1.47. The molecule has 1 saturated carbocycles. The van der Waals surface area contributed by atoms with E-state index in [1.165, 1.54) is 6.08 Å². The maximum absolute atomic E-state index is 12.8. The Balaban J connectivity index is 1.76. The van der Waals surface area contributed by atoms with Gasteiger partial charge < -0.3 is 4.74 Å². The van der Waals surface area contributed by atoms with Crippen molar-refractivity contribution in [3.63, 3.8) is 0 Å². The van der Waals surface area contributed by atoms with Crippen LogP contribution in [0.4, 0.5) is 13.2 Å². The van der Waals surface area contributed by atoms with Crippen LogP contribution in [-0.4, -0.2) is 23.0 Å². The number of alkyl halides is 3. The van der Waals surface area contributed by atoms with Crippen molar-refractivity contribution in [1.82, 2.24) is 4.98 Å².